The fourth-order valence-corrected chi connectivity index (χ4v) is 2.38. The van der Waals surface area contributed by atoms with Crippen LogP contribution in [0.1, 0.15) is 39.5 Å². The van der Waals surface area contributed by atoms with Crippen molar-refractivity contribution in [3.63, 3.8) is 0 Å². The molecule has 3 unspecified atom stereocenters. The molecular weight excluding hydrogens is 168 g/mol. The Kier molecular flexibility index (Phi) is 2.13. The van der Waals surface area contributed by atoms with Crippen LogP contribution in [0.3, 0.4) is 0 Å². The van der Waals surface area contributed by atoms with E-state index in [-0.39, 0.29) is 11.7 Å². The number of aliphatic hydroxyl groups is 1. The smallest absolute Gasteiger partial charge is 0.189 e. The average molecular weight is 186 g/mol. The Morgan fingerprint density at radius 3 is 3.00 bits per heavy atom. The van der Waals surface area contributed by atoms with E-state index in [0.29, 0.717) is 6.61 Å². The van der Waals surface area contributed by atoms with Crippen molar-refractivity contribution in [2.24, 2.45) is 0 Å². The minimum Gasteiger partial charge on any atom is -0.367 e. The lowest BCUT2D eigenvalue weighted by atomic mass is 9.92. The third kappa shape index (κ3) is 1.49. The van der Waals surface area contributed by atoms with Gasteiger partial charge in [-0.1, -0.05) is 13.3 Å². The van der Waals surface area contributed by atoms with E-state index in [0.717, 1.165) is 25.7 Å². The van der Waals surface area contributed by atoms with Crippen molar-refractivity contribution >= 4 is 0 Å². The van der Waals surface area contributed by atoms with Crippen molar-refractivity contribution in [2.75, 3.05) is 6.61 Å². The zero-order valence-corrected chi connectivity index (χ0v) is 8.38. The maximum absolute atomic E-state index is 9.77. The second-order valence-electron chi connectivity index (χ2n) is 4.44. The quantitative estimate of drug-likeness (QED) is 0.709. The van der Waals surface area contributed by atoms with Gasteiger partial charge in [0, 0.05) is 6.42 Å². The van der Waals surface area contributed by atoms with Crippen LogP contribution in [-0.4, -0.2) is 29.2 Å². The average Bonchev–Trinajstić information content (AvgIpc) is 2.42. The Morgan fingerprint density at radius 1 is 1.54 bits per heavy atom. The van der Waals surface area contributed by atoms with E-state index in [1.807, 2.05) is 0 Å². The normalized spacial score (nSPS) is 49.6. The van der Waals surface area contributed by atoms with Gasteiger partial charge in [-0.05, 0) is 19.8 Å². The summed E-state index contributed by atoms with van der Waals surface area (Å²) in [6.45, 7) is 4.57. The van der Waals surface area contributed by atoms with Crippen molar-refractivity contribution in [3.8, 4) is 0 Å². The topological polar surface area (TPSA) is 38.7 Å². The first kappa shape index (κ1) is 9.44. The Labute approximate surface area is 79.0 Å². The molecule has 2 fully saturated rings. The molecule has 3 heteroatoms. The highest BCUT2D eigenvalue weighted by molar-refractivity contribution is 4.96. The van der Waals surface area contributed by atoms with Gasteiger partial charge in [-0.3, -0.25) is 0 Å². The molecule has 0 aliphatic carbocycles. The molecule has 2 aliphatic heterocycles. The monoisotopic (exact) mass is 186 g/mol. The minimum absolute atomic E-state index is 0.0891. The van der Waals surface area contributed by atoms with Gasteiger partial charge in [0.2, 0.25) is 0 Å². The van der Waals surface area contributed by atoms with Crippen molar-refractivity contribution in [3.05, 3.63) is 0 Å². The van der Waals surface area contributed by atoms with E-state index < -0.39 is 5.79 Å². The van der Waals surface area contributed by atoms with E-state index in [9.17, 15) is 5.11 Å². The van der Waals surface area contributed by atoms with Crippen LogP contribution in [0.4, 0.5) is 0 Å². The fraction of sp³-hybridized carbons (Fsp3) is 1.00. The van der Waals surface area contributed by atoms with Crippen molar-refractivity contribution in [2.45, 2.75) is 57.0 Å². The first-order valence-electron chi connectivity index (χ1n) is 5.12. The maximum atomic E-state index is 9.77. The zero-order chi connectivity index (χ0) is 9.53. The molecule has 0 radical (unpaired) electrons. The van der Waals surface area contributed by atoms with Gasteiger partial charge in [0.25, 0.3) is 0 Å². The summed E-state index contributed by atoms with van der Waals surface area (Å²) >= 11 is 0. The molecular formula is C10H18O3. The van der Waals surface area contributed by atoms with E-state index in [4.69, 9.17) is 9.47 Å². The Balaban J connectivity index is 2.09. The molecule has 76 valence electrons. The standard InChI is InChI=1S/C10H18O3/c1-3-5-9(2)8-4-6-10(11,13-8)7-12-9/h8,11H,3-7H2,1-2H3. The van der Waals surface area contributed by atoms with Crippen LogP contribution in [-0.2, 0) is 9.47 Å². The molecule has 1 N–H and O–H groups in total. The summed E-state index contributed by atoms with van der Waals surface area (Å²) in [6, 6.07) is 0. The van der Waals surface area contributed by atoms with Crippen molar-refractivity contribution in [1.82, 2.24) is 0 Å². The SMILES string of the molecule is CCCC1(C)OCC2(O)CCC1O2. The first-order valence-corrected chi connectivity index (χ1v) is 5.12. The summed E-state index contributed by atoms with van der Waals surface area (Å²) in [5.41, 5.74) is -0.169. The summed E-state index contributed by atoms with van der Waals surface area (Å²) in [7, 11) is 0. The molecule has 2 rings (SSSR count). The summed E-state index contributed by atoms with van der Waals surface area (Å²) < 4.78 is 11.3. The van der Waals surface area contributed by atoms with Crippen LogP contribution in [0.5, 0.6) is 0 Å². The molecule has 0 amide bonds. The molecule has 3 atom stereocenters. The number of fused-ring (bicyclic) bond motifs is 2. The van der Waals surface area contributed by atoms with Crippen molar-refractivity contribution in [1.29, 1.82) is 0 Å². The predicted molar refractivity (Wildman–Crippen MR) is 48.3 cm³/mol. The van der Waals surface area contributed by atoms with E-state index in [2.05, 4.69) is 13.8 Å². The number of hydrogen-bond acceptors (Lipinski definition) is 3. The number of hydrogen-bond donors (Lipinski definition) is 1. The lowest BCUT2D eigenvalue weighted by Gasteiger charge is -2.42. The Bertz CT molecular complexity index is 206. The van der Waals surface area contributed by atoms with Gasteiger partial charge in [-0.25, -0.2) is 0 Å². The summed E-state index contributed by atoms with van der Waals surface area (Å²) in [5, 5.41) is 9.77. The number of rotatable bonds is 2. The summed E-state index contributed by atoms with van der Waals surface area (Å²) in [4.78, 5) is 0. The summed E-state index contributed by atoms with van der Waals surface area (Å²) in [6.07, 6.45) is 3.83. The molecule has 2 heterocycles. The molecule has 0 saturated carbocycles. The fourth-order valence-electron chi connectivity index (χ4n) is 2.38. The Hall–Kier alpha value is -0.120. The molecule has 13 heavy (non-hydrogen) atoms. The van der Waals surface area contributed by atoms with Gasteiger partial charge in [0.1, 0.15) is 6.61 Å². The lowest BCUT2D eigenvalue weighted by molar-refractivity contribution is -0.311. The highest BCUT2D eigenvalue weighted by Crippen LogP contribution is 2.42. The molecule has 2 aliphatic rings. The van der Waals surface area contributed by atoms with E-state index >= 15 is 0 Å². The third-order valence-electron chi connectivity index (χ3n) is 3.21. The van der Waals surface area contributed by atoms with Crippen LogP contribution in [0, 0.1) is 0 Å². The second-order valence-corrected chi connectivity index (χ2v) is 4.44. The lowest BCUT2D eigenvalue weighted by Crippen LogP contribution is -2.52. The van der Waals surface area contributed by atoms with Gasteiger partial charge in [0.05, 0.1) is 11.7 Å². The van der Waals surface area contributed by atoms with Crippen molar-refractivity contribution < 1.29 is 14.6 Å². The molecule has 3 nitrogen and oxygen atoms in total. The molecule has 2 bridgehead atoms. The predicted octanol–water partition coefficient (Wildman–Crippen LogP) is 1.44. The highest BCUT2D eigenvalue weighted by Gasteiger charge is 2.52. The van der Waals surface area contributed by atoms with Crippen LogP contribution < -0.4 is 0 Å². The van der Waals surface area contributed by atoms with Crippen LogP contribution in [0.15, 0.2) is 0 Å². The van der Waals surface area contributed by atoms with Gasteiger partial charge >= 0.3 is 0 Å². The molecule has 0 aromatic heterocycles. The third-order valence-corrected chi connectivity index (χ3v) is 3.21. The van der Waals surface area contributed by atoms with Crippen LogP contribution in [0.2, 0.25) is 0 Å². The molecule has 0 aromatic rings. The van der Waals surface area contributed by atoms with Gasteiger partial charge in [-0.2, -0.15) is 0 Å². The largest absolute Gasteiger partial charge is 0.367 e. The van der Waals surface area contributed by atoms with E-state index in [1.54, 1.807) is 0 Å². The summed E-state index contributed by atoms with van der Waals surface area (Å²) in [5.74, 6) is -0.974. The Morgan fingerprint density at radius 2 is 2.31 bits per heavy atom. The molecule has 0 aromatic carbocycles. The van der Waals surface area contributed by atoms with Gasteiger partial charge < -0.3 is 14.6 Å². The number of ether oxygens (including phenoxy) is 2. The first-order chi connectivity index (χ1) is 6.08. The van der Waals surface area contributed by atoms with Crippen LogP contribution >= 0.6 is 0 Å². The second kappa shape index (κ2) is 2.94. The molecule has 2 saturated heterocycles. The van der Waals surface area contributed by atoms with Gasteiger partial charge in [0.15, 0.2) is 5.79 Å². The maximum Gasteiger partial charge on any atom is 0.189 e. The molecule has 0 spiro atoms. The van der Waals surface area contributed by atoms with Crippen LogP contribution in [0.25, 0.3) is 0 Å². The minimum atomic E-state index is -0.974. The zero-order valence-electron chi connectivity index (χ0n) is 8.38. The highest BCUT2D eigenvalue weighted by atomic mass is 16.7. The van der Waals surface area contributed by atoms with E-state index in [1.165, 1.54) is 0 Å². The van der Waals surface area contributed by atoms with Gasteiger partial charge in [-0.15, -0.1) is 0 Å².